The van der Waals surface area contributed by atoms with E-state index in [1.165, 1.54) is 12.1 Å². The van der Waals surface area contributed by atoms with E-state index in [0.29, 0.717) is 18.5 Å². The number of aliphatic hydroxyl groups excluding tert-OH is 1. The number of aliphatic hydroxyl groups is 1. The van der Waals surface area contributed by atoms with E-state index in [2.05, 4.69) is 10.6 Å². The number of hydrogen-bond acceptors (Lipinski definition) is 3. The van der Waals surface area contributed by atoms with Crippen LogP contribution in [0.3, 0.4) is 0 Å². The number of carbonyl (C=O) groups is 1. The van der Waals surface area contributed by atoms with E-state index in [-0.39, 0.29) is 24.1 Å². The van der Waals surface area contributed by atoms with E-state index in [4.69, 9.17) is 5.11 Å². The van der Waals surface area contributed by atoms with Gasteiger partial charge in [-0.15, -0.1) is 0 Å². The Bertz CT molecular complexity index is 445. The Morgan fingerprint density at radius 3 is 3.00 bits per heavy atom. The predicted octanol–water partition coefficient (Wildman–Crippen LogP) is 1.08. The fourth-order valence-electron chi connectivity index (χ4n) is 2.26. The number of hydrogen-bond donors (Lipinski definition) is 3. The Kier molecular flexibility index (Phi) is 4.87. The zero-order valence-electron chi connectivity index (χ0n) is 10.8. The maximum atomic E-state index is 13.4. The van der Waals surface area contributed by atoms with Crippen LogP contribution in [-0.2, 0) is 17.9 Å². The number of halogens is 1. The molecule has 1 amide bonds. The topological polar surface area (TPSA) is 61.4 Å². The van der Waals surface area contributed by atoms with Crippen molar-refractivity contribution in [3.63, 3.8) is 0 Å². The van der Waals surface area contributed by atoms with Gasteiger partial charge in [-0.25, -0.2) is 4.39 Å². The Morgan fingerprint density at radius 1 is 1.53 bits per heavy atom. The van der Waals surface area contributed by atoms with Crippen LogP contribution in [0.15, 0.2) is 18.2 Å². The summed E-state index contributed by atoms with van der Waals surface area (Å²) in [5.74, 6) is -0.460. The van der Waals surface area contributed by atoms with E-state index in [9.17, 15) is 9.18 Å². The predicted molar refractivity (Wildman–Crippen MR) is 69.8 cm³/mol. The fourth-order valence-corrected chi connectivity index (χ4v) is 2.26. The van der Waals surface area contributed by atoms with Crippen molar-refractivity contribution < 1.29 is 14.3 Å². The van der Waals surface area contributed by atoms with Crippen molar-refractivity contribution in [1.82, 2.24) is 10.6 Å². The summed E-state index contributed by atoms with van der Waals surface area (Å²) in [6.07, 6.45) is 2.62. The molecular weight excluding hydrogens is 247 g/mol. The molecule has 0 aromatic heterocycles. The van der Waals surface area contributed by atoms with Crippen molar-refractivity contribution >= 4 is 5.91 Å². The first-order chi connectivity index (χ1) is 9.19. The molecule has 1 aliphatic heterocycles. The minimum atomic E-state index is -0.438. The van der Waals surface area contributed by atoms with Gasteiger partial charge in [-0.3, -0.25) is 4.79 Å². The second-order valence-electron chi connectivity index (χ2n) is 4.86. The number of benzene rings is 1. The van der Waals surface area contributed by atoms with Gasteiger partial charge in [0.2, 0.25) is 5.91 Å². The molecule has 1 heterocycles. The van der Waals surface area contributed by atoms with Gasteiger partial charge in [-0.05, 0) is 31.0 Å². The zero-order valence-corrected chi connectivity index (χ0v) is 10.8. The lowest BCUT2D eigenvalue weighted by Gasteiger charge is -2.11. The molecule has 1 aromatic rings. The highest BCUT2D eigenvalue weighted by Crippen LogP contribution is 2.11. The number of carbonyl (C=O) groups excluding carboxylic acids is 1. The van der Waals surface area contributed by atoms with Crippen LogP contribution < -0.4 is 10.6 Å². The van der Waals surface area contributed by atoms with Gasteiger partial charge >= 0.3 is 0 Å². The molecule has 2 rings (SSSR count). The van der Waals surface area contributed by atoms with Crippen LogP contribution in [0.25, 0.3) is 0 Å². The van der Waals surface area contributed by atoms with Crippen LogP contribution in [0, 0.1) is 5.82 Å². The summed E-state index contributed by atoms with van der Waals surface area (Å²) in [5, 5.41) is 14.9. The molecule has 0 spiro atoms. The van der Waals surface area contributed by atoms with Crippen LogP contribution in [0.2, 0.25) is 0 Å². The highest BCUT2D eigenvalue weighted by Gasteiger charge is 2.17. The molecule has 4 nitrogen and oxygen atoms in total. The lowest BCUT2D eigenvalue weighted by atomic mass is 10.1. The lowest BCUT2D eigenvalue weighted by Crippen LogP contribution is -2.31. The van der Waals surface area contributed by atoms with Crippen molar-refractivity contribution in [2.75, 3.05) is 6.54 Å². The SMILES string of the molecule is O=C(CC1CCCN1)NCc1ccc(CO)c(F)c1. The second kappa shape index (κ2) is 6.63. The zero-order chi connectivity index (χ0) is 13.7. The quantitative estimate of drug-likeness (QED) is 0.747. The van der Waals surface area contributed by atoms with E-state index in [0.717, 1.165) is 19.4 Å². The van der Waals surface area contributed by atoms with Crippen LogP contribution in [0.4, 0.5) is 4.39 Å². The molecule has 3 N–H and O–H groups in total. The van der Waals surface area contributed by atoms with Crippen molar-refractivity contribution in [2.45, 2.75) is 38.5 Å². The Hall–Kier alpha value is -1.46. The van der Waals surface area contributed by atoms with Gasteiger partial charge in [0.25, 0.3) is 0 Å². The number of nitrogens with one attached hydrogen (secondary N) is 2. The monoisotopic (exact) mass is 266 g/mol. The first-order valence-electron chi connectivity index (χ1n) is 6.57. The number of rotatable bonds is 5. The minimum absolute atomic E-state index is 0.0222. The standard InChI is InChI=1S/C14H19FN2O2/c15-13-6-10(3-4-11(13)9-18)8-17-14(19)7-12-2-1-5-16-12/h3-4,6,12,16,18H,1-2,5,7-9H2,(H,17,19). The van der Waals surface area contributed by atoms with Crippen LogP contribution in [0.5, 0.6) is 0 Å². The first-order valence-corrected chi connectivity index (χ1v) is 6.57. The van der Waals surface area contributed by atoms with Crippen LogP contribution in [-0.4, -0.2) is 23.6 Å². The molecular formula is C14H19FN2O2. The molecule has 104 valence electrons. The van der Waals surface area contributed by atoms with Gasteiger partial charge in [-0.2, -0.15) is 0 Å². The summed E-state index contributed by atoms with van der Waals surface area (Å²) >= 11 is 0. The van der Waals surface area contributed by atoms with Gasteiger partial charge < -0.3 is 15.7 Å². The normalized spacial score (nSPS) is 18.5. The summed E-state index contributed by atoms with van der Waals surface area (Å²) in [6, 6.07) is 4.87. The molecule has 19 heavy (non-hydrogen) atoms. The van der Waals surface area contributed by atoms with Crippen molar-refractivity contribution in [2.24, 2.45) is 0 Å². The van der Waals surface area contributed by atoms with Crippen molar-refractivity contribution in [3.8, 4) is 0 Å². The first kappa shape index (κ1) is 14.0. The largest absolute Gasteiger partial charge is 0.392 e. The molecule has 1 fully saturated rings. The Labute approximate surface area is 112 Å². The maximum Gasteiger partial charge on any atom is 0.221 e. The van der Waals surface area contributed by atoms with Gasteiger partial charge in [0.05, 0.1) is 6.61 Å². The molecule has 1 aliphatic rings. The molecule has 5 heteroatoms. The third-order valence-electron chi connectivity index (χ3n) is 3.37. The summed E-state index contributed by atoms with van der Waals surface area (Å²) in [6.45, 7) is 0.978. The molecule has 0 aliphatic carbocycles. The van der Waals surface area contributed by atoms with Crippen molar-refractivity contribution in [1.29, 1.82) is 0 Å². The molecule has 0 bridgehead atoms. The highest BCUT2D eigenvalue weighted by molar-refractivity contribution is 5.76. The average Bonchev–Trinajstić information content (AvgIpc) is 2.89. The lowest BCUT2D eigenvalue weighted by molar-refractivity contribution is -0.121. The van der Waals surface area contributed by atoms with E-state index < -0.39 is 5.82 Å². The maximum absolute atomic E-state index is 13.4. The third-order valence-corrected chi connectivity index (χ3v) is 3.37. The van der Waals surface area contributed by atoms with Crippen LogP contribution >= 0.6 is 0 Å². The molecule has 1 unspecified atom stereocenters. The van der Waals surface area contributed by atoms with E-state index >= 15 is 0 Å². The van der Waals surface area contributed by atoms with Gasteiger partial charge in [-0.1, -0.05) is 12.1 Å². The highest BCUT2D eigenvalue weighted by atomic mass is 19.1. The van der Waals surface area contributed by atoms with Gasteiger partial charge in [0, 0.05) is 24.6 Å². The number of amides is 1. The molecule has 0 radical (unpaired) electrons. The summed E-state index contributed by atoms with van der Waals surface area (Å²) in [5.41, 5.74) is 0.965. The second-order valence-corrected chi connectivity index (χ2v) is 4.86. The van der Waals surface area contributed by atoms with Gasteiger partial charge in [0.1, 0.15) is 5.82 Å². The Balaban J connectivity index is 1.81. The average molecular weight is 266 g/mol. The molecule has 1 atom stereocenters. The van der Waals surface area contributed by atoms with E-state index in [1.807, 2.05) is 0 Å². The minimum Gasteiger partial charge on any atom is -0.392 e. The third kappa shape index (κ3) is 4.01. The summed E-state index contributed by atoms with van der Waals surface area (Å²) in [4.78, 5) is 11.7. The molecule has 1 saturated heterocycles. The molecule has 0 saturated carbocycles. The van der Waals surface area contributed by atoms with Crippen LogP contribution in [0.1, 0.15) is 30.4 Å². The van der Waals surface area contributed by atoms with E-state index in [1.54, 1.807) is 6.07 Å². The Morgan fingerprint density at radius 2 is 2.37 bits per heavy atom. The fraction of sp³-hybridized carbons (Fsp3) is 0.500. The molecule has 1 aromatic carbocycles. The smallest absolute Gasteiger partial charge is 0.221 e. The van der Waals surface area contributed by atoms with Crippen molar-refractivity contribution in [3.05, 3.63) is 35.1 Å². The van der Waals surface area contributed by atoms with Gasteiger partial charge in [0.15, 0.2) is 0 Å². The summed E-state index contributed by atoms with van der Waals surface area (Å²) < 4.78 is 13.4. The summed E-state index contributed by atoms with van der Waals surface area (Å²) in [7, 11) is 0.